The third-order valence-corrected chi connectivity index (χ3v) is 3.46. The predicted octanol–water partition coefficient (Wildman–Crippen LogP) is 1.71. The quantitative estimate of drug-likeness (QED) is 0.635. The molecule has 0 fully saturated rings. The second-order valence-electron chi connectivity index (χ2n) is 5.05. The fraction of sp³-hybridized carbons (Fsp3) is 0.615. The van der Waals surface area contributed by atoms with Crippen LogP contribution in [0.25, 0.3) is 0 Å². The van der Waals surface area contributed by atoms with Gasteiger partial charge >= 0.3 is 0 Å². The molecule has 1 aromatic heterocycles. The van der Waals surface area contributed by atoms with Gasteiger partial charge in [-0.05, 0) is 40.4 Å². The summed E-state index contributed by atoms with van der Waals surface area (Å²) in [6.07, 6.45) is 2.38. The molecule has 2 N–H and O–H groups in total. The van der Waals surface area contributed by atoms with E-state index in [4.69, 9.17) is 5.11 Å². The number of amides is 1. The van der Waals surface area contributed by atoms with Crippen molar-refractivity contribution in [3.63, 3.8) is 0 Å². The Labute approximate surface area is 118 Å². The van der Waals surface area contributed by atoms with Gasteiger partial charge in [-0.1, -0.05) is 0 Å². The Morgan fingerprint density at radius 3 is 2.53 bits per heavy atom. The summed E-state index contributed by atoms with van der Waals surface area (Å²) < 4.78 is 0. The van der Waals surface area contributed by atoms with Gasteiger partial charge in [0.05, 0.1) is 11.3 Å². The van der Waals surface area contributed by atoms with Gasteiger partial charge in [-0.2, -0.15) is 0 Å². The van der Waals surface area contributed by atoms with E-state index in [9.17, 15) is 4.79 Å². The lowest BCUT2D eigenvalue weighted by molar-refractivity contribution is 0.0894. The summed E-state index contributed by atoms with van der Waals surface area (Å²) in [4.78, 5) is 20.9. The normalized spacial score (nSPS) is 11.5. The van der Waals surface area contributed by atoms with Gasteiger partial charge in [0.2, 0.25) is 0 Å². The molecular weight excluding hydrogens is 262 g/mol. The van der Waals surface area contributed by atoms with Crippen molar-refractivity contribution in [1.29, 1.82) is 0 Å². The minimum Gasteiger partial charge on any atom is -0.396 e. The summed E-state index contributed by atoms with van der Waals surface area (Å²) in [5, 5.41) is 12.6. The van der Waals surface area contributed by atoms with E-state index in [1.54, 1.807) is 0 Å². The molecule has 1 heterocycles. The molecule has 1 rings (SSSR count). The molecule has 0 bridgehead atoms. The molecule has 0 atom stereocenters. The topological polar surface area (TPSA) is 75.1 Å². The van der Waals surface area contributed by atoms with Crippen molar-refractivity contribution in [3.05, 3.63) is 17.1 Å². The molecule has 5 nitrogen and oxygen atoms in total. The van der Waals surface area contributed by atoms with E-state index in [0.717, 1.165) is 0 Å². The van der Waals surface area contributed by atoms with Crippen LogP contribution in [0.5, 0.6) is 0 Å². The molecule has 0 unspecified atom stereocenters. The molecule has 0 aliphatic carbocycles. The second-order valence-corrected chi connectivity index (χ2v) is 5.85. The van der Waals surface area contributed by atoms with Crippen LogP contribution in [0, 0.1) is 13.8 Å². The number of carbonyl (C=O) groups excluding carboxylic acids is 1. The number of carbonyl (C=O) groups is 1. The van der Waals surface area contributed by atoms with Crippen LogP contribution >= 0.6 is 11.8 Å². The highest BCUT2D eigenvalue weighted by Crippen LogP contribution is 2.21. The van der Waals surface area contributed by atoms with Crippen molar-refractivity contribution >= 4 is 17.7 Å². The second kappa shape index (κ2) is 6.34. The van der Waals surface area contributed by atoms with E-state index in [1.165, 1.54) is 11.8 Å². The molecule has 1 amide bonds. The number of nitrogens with one attached hydrogen (secondary N) is 1. The number of aryl methyl sites for hydroxylation is 2. The Balaban J connectivity index is 3.06. The number of hydrogen-bond donors (Lipinski definition) is 2. The van der Waals surface area contributed by atoms with Gasteiger partial charge in [-0.25, -0.2) is 9.97 Å². The molecule has 19 heavy (non-hydrogen) atoms. The van der Waals surface area contributed by atoms with Crippen LogP contribution in [-0.4, -0.2) is 39.4 Å². The fourth-order valence-corrected chi connectivity index (χ4v) is 2.47. The average molecular weight is 283 g/mol. The molecule has 0 aliphatic rings. The third kappa shape index (κ3) is 4.18. The molecule has 106 valence electrons. The zero-order valence-electron chi connectivity index (χ0n) is 12.1. The minimum absolute atomic E-state index is 0.0338. The van der Waals surface area contributed by atoms with Crippen LogP contribution in [0.2, 0.25) is 0 Å². The van der Waals surface area contributed by atoms with Gasteiger partial charge in [0.15, 0.2) is 0 Å². The molecule has 0 saturated heterocycles. The summed E-state index contributed by atoms with van der Waals surface area (Å²) in [5.41, 5.74) is 0.733. The molecule has 6 heteroatoms. The minimum atomic E-state index is -0.459. The Morgan fingerprint density at radius 1 is 1.37 bits per heavy atom. The van der Waals surface area contributed by atoms with Crippen LogP contribution in [0.3, 0.4) is 0 Å². The summed E-state index contributed by atoms with van der Waals surface area (Å²) in [6.45, 7) is 7.41. The Morgan fingerprint density at radius 2 is 2.00 bits per heavy atom. The van der Waals surface area contributed by atoms with Crippen molar-refractivity contribution < 1.29 is 9.90 Å². The summed E-state index contributed by atoms with van der Waals surface area (Å²) in [6, 6.07) is 0. The summed E-state index contributed by atoms with van der Waals surface area (Å²) in [7, 11) is 0. The van der Waals surface area contributed by atoms with E-state index in [-0.39, 0.29) is 12.5 Å². The highest BCUT2D eigenvalue weighted by molar-refractivity contribution is 7.98. The van der Waals surface area contributed by atoms with Crippen molar-refractivity contribution in [2.75, 3.05) is 12.9 Å². The highest BCUT2D eigenvalue weighted by Gasteiger charge is 2.24. The Bertz CT molecular complexity index is 475. The van der Waals surface area contributed by atoms with Gasteiger partial charge in [0, 0.05) is 12.1 Å². The number of thioether (sulfide) groups is 1. The van der Waals surface area contributed by atoms with Crippen LogP contribution in [0.4, 0.5) is 0 Å². The van der Waals surface area contributed by atoms with Gasteiger partial charge in [0.25, 0.3) is 5.91 Å². The smallest absolute Gasteiger partial charge is 0.256 e. The predicted molar refractivity (Wildman–Crippen MR) is 76.5 cm³/mol. The molecular formula is C13H21N3O2S. The number of hydrogen-bond acceptors (Lipinski definition) is 5. The number of aliphatic hydroxyl groups is 1. The van der Waals surface area contributed by atoms with Crippen molar-refractivity contribution in [2.45, 2.75) is 44.7 Å². The first kappa shape index (κ1) is 15.9. The third-order valence-electron chi connectivity index (χ3n) is 2.78. The zero-order chi connectivity index (χ0) is 14.6. The molecule has 0 radical (unpaired) electrons. The van der Waals surface area contributed by atoms with Crippen LogP contribution in [0.1, 0.15) is 42.1 Å². The van der Waals surface area contributed by atoms with Crippen LogP contribution < -0.4 is 5.32 Å². The maximum Gasteiger partial charge on any atom is 0.256 e. The first-order valence-corrected chi connectivity index (χ1v) is 7.36. The van der Waals surface area contributed by atoms with Crippen LogP contribution in [-0.2, 0) is 0 Å². The first-order chi connectivity index (χ1) is 8.80. The molecule has 0 spiro atoms. The van der Waals surface area contributed by atoms with Crippen molar-refractivity contribution in [2.24, 2.45) is 0 Å². The lowest BCUT2D eigenvalue weighted by atomic mass is 10.0. The van der Waals surface area contributed by atoms with Gasteiger partial charge < -0.3 is 10.4 Å². The standard InChI is InChI=1S/C13H21N3O2S/c1-8-10(12(19-5)15-9(2)14-8)11(18)16-13(3,4)6-7-17/h17H,6-7H2,1-5H3,(H,16,18). The van der Waals surface area contributed by atoms with E-state index >= 15 is 0 Å². The van der Waals surface area contributed by atoms with E-state index in [1.807, 2.05) is 34.0 Å². The maximum atomic E-state index is 12.4. The Kier molecular flexibility index (Phi) is 5.31. The number of aromatic nitrogens is 2. The number of rotatable bonds is 5. The van der Waals surface area contributed by atoms with E-state index in [2.05, 4.69) is 15.3 Å². The SMILES string of the molecule is CSc1nc(C)nc(C)c1C(=O)NC(C)(C)CCO. The number of nitrogens with zero attached hydrogens (tertiary/aromatic N) is 2. The van der Waals surface area contributed by atoms with Gasteiger partial charge in [-0.15, -0.1) is 11.8 Å². The highest BCUT2D eigenvalue weighted by atomic mass is 32.2. The average Bonchev–Trinajstić information content (AvgIpc) is 2.26. The molecule has 0 aromatic carbocycles. The molecule has 0 aliphatic heterocycles. The van der Waals surface area contributed by atoms with Crippen molar-refractivity contribution in [3.8, 4) is 0 Å². The Hall–Kier alpha value is -1.14. The number of aliphatic hydroxyl groups excluding tert-OH is 1. The lowest BCUT2D eigenvalue weighted by Crippen LogP contribution is -2.44. The van der Waals surface area contributed by atoms with E-state index in [0.29, 0.717) is 28.5 Å². The lowest BCUT2D eigenvalue weighted by Gasteiger charge is -2.26. The first-order valence-electron chi connectivity index (χ1n) is 6.13. The monoisotopic (exact) mass is 283 g/mol. The molecule has 0 saturated carbocycles. The van der Waals surface area contributed by atoms with Crippen LogP contribution in [0.15, 0.2) is 5.03 Å². The maximum absolute atomic E-state index is 12.4. The van der Waals surface area contributed by atoms with Gasteiger partial charge in [-0.3, -0.25) is 4.79 Å². The summed E-state index contributed by atoms with van der Waals surface area (Å²) in [5.74, 6) is 0.466. The zero-order valence-corrected chi connectivity index (χ0v) is 12.9. The van der Waals surface area contributed by atoms with Gasteiger partial charge in [0.1, 0.15) is 10.9 Å². The fourth-order valence-electron chi connectivity index (χ4n) is 1.80. The van der Waals surface area contributed by atoms with Crippen molar-refractivity contribution in [1.82, 2.24) is 15.3 Å². The molecule has 1 aromatic rings. The summed E-state index contributed by atoms with van der Waals surface area (Å²) >= 11 is 1.43. The van der Waals surface area contributed by atoms with E-state index < -0.39 is 5.54 Å². The largest absolute Gasteiger partial charge is 0.396 e.